The molecule has 106 valence electrons. The van der Waals surface area contributed by atoms with Crippen molar-refractivity contribution in [2.75, 3.05) is 6.61 Å². The Labute approximate surface area is 111 Å². The lowest BCUT2D eigenvalue weighted by Gasteiger charge is -2.30. The number of hydrogen-bond donors (Lipinski definition) is 2. The SMILES string of the molecule is Cn1cnn(CC(=O)NC2CCCCC2CO)c1=O. The first-order chi connectivity index (χ1) is 9.11. The molecular formula is C12H20N4O3. The highest BCUT2D eigenvalue weighted by Crippen LogP contribution is 2.23. The van der Waals surface area contributed by atoms with Crippen LogP contribution < -0.4 is 11.0 Å². The van der Waals surface area contributed by atoms with E-state index < -0.39 is 0 Å². The van der Waals surface area contributed by atoms with Crippen molar-refractivity contribution < 1.29 is 9.90 Å². The van der Waals surface area contributed by atoms with Crippen LogP contribution in [-0.2, 0) is 18.4 Å². The average Bonchev–Trinajstić information content (AvgIpc) is 2.71. The molecule has 0 saturated heterocycles. The molecule has 2 N–H and O–H groups in total. The van der Waals surface area contributed by atoms with E-state index in [9.17, 15) is 14.7 Å². The van der Waals surface area contributed by atoms with Gasteiger partial charge in [0.25, 0.3) is 0 Å². The summed E-state index contributed by atoms with van der Waals surface area (Å²) in [7, 11) is 1.59. The van der Waals surface area contributed by atoms with Gasteiger partial charge in [-0.15, -0.1) is 0 Å². The van der Waals surface area contributed by atoms with Gasteiger partial charge < -0.3 is 10.4 Å². The summed E-state index contributed by atoms with van der Waals surface area (Å²) >= 11 is 0. The van der Waals surface area contributed by atoms with Gasteiger partial charge in [0.2, 0.25) is 5.91 Å². The van der Waals surface area contributed by atoms with E-state index >= 15 is 0 Å². The molecule has 7 heteroatoms. The summed E-state index contributed by atoms with van der Waals surface area (Å²) in [5.74, 6) is -0.107. The number of aliphatic hydroxyl groups excluding tert-OH is 1. The largest absolute Gasteiger partial charge is 0.396 e. The summed E-state index contributed by atoms with van der Waals surface area (Å²) in [5, 5.41) is 16.0. The van der Waals surface area contributed by atoms with Gasteiger partial charge in [0.15, 0.2) is 0 Å². The first-order valence-corrected chi connectivity index (χ1v) is 6.60. The van der Waals surface area contributed by atoms with E-state index in [1.807, 2.05) is 0 Å². The van der Waals surface area contributed by atoms with E-state index in [2.05, 4.69) is 10.4 Å². The van der Waals surface area contributed by atoms with Crippen molar-refractivity contribution in [2.24, 2.45) is 13.0 Å². The topological polar surface area (TPSA) is 89.2 Å². The molecule has 1 aliphatic carbocycles. The van der Waals surface area contributed by atoms with Crippen molar-refractivity contribution in [3.8, 4) is 0 Å². The normalized spacial score (nSPS) is 23.3. The number of nitrogens with one attached hydrogen (secondary N) is 1. The van der Waals surface area contributed by atoms with Crippen LogP contribution in [0.1, 0.15) is 25.7 Å². The summed E-state index contributed by atoms with van der Waals surface area (Å²) in [6.07, 6.45) is 5.36. The minimum absolute atomic E-state index is 0.00524. The second kappa shape index (κ2) is 6.01. The van der Waals surface area contributed by atoms with E-state index in [4.69, 9.17) is 0 Å². The Bertz CT molecular complexity index is 493. The van der Waals surface area contributed by atoms with Crippen LogP contribution in [-0.4, -0.2) is 38.0 Å². The Morgan fingerprint density at radius 2 is 2.26 bits per heavy atom. The third-order valence-corrected chi connectivity index (χ3v) is 3.67. The number of rotatable bonds is 4. The van der Waals surface area contributed by atoms with Crippen LogP contribution in [0.25, 0.3) is 0 Å². The summed E-state index contributed by atoms with van der Waals surface area (Å²) in [6, 6.07) is 0.00524. The number of aliphatic hydroxyl groups is 1. The van der Waals surface area contributed by atoms with Gasteiger partial charge >= 0.3 is 5.69 Å². The summed E-state index contributed by atoms with van der Waals surface area (Å²) in [6.45, 7) is 0.0167. The summed E-state index contributed by atoms with van der Waals surface area (Å²) in [4.78, 5) is 23.5. The van der Waals surface area contributed by atoms with E-state index in [-0.39, 0.29) is 36.7 Å². The molecule has 1 aromatic rings. The highest BCUT2D eigenvalue weighted by atomic mass is 16.3. The maximum absolute atomic E-state index is 11.9. The number of aryl methyl sites for hydroxylation is 1. The van der Waals surface area contributed by atoms with Gasteiger partial charge in [0, 0.05) is 25.6 Å². The molecule has 2 unspecified atom stereocenters. The maximum atomic E-state index is 11.9. The van der Waals surface area contributed by atoms with Crippen LogP contribution >= 0.6 is 0 Å². The van der Waals surface area contributed by atoms with Crippen molar-refractivity contribution in [3.63, 3.8) is 0 Å². The molecule has 1 aromatic heterocycles. The fourth-order valence-corrected chi connectivity index (χ4v) is 2.53. The van der Waals surface area contributed by atoms with Crippen molar-refractivity contribution in [1.29, 1.82) is 0 Å². The van der Waals surface area contributed by atoms with Crippen LogP contribution in [0.3, 0.4) is 0 Å². The first-order valence-electron chi connectivity index (χ1n) is 6.60. The number of carbonyl (C=O) groups excluding carboxylic acids is 1. The van der Waals surface area contributed by atoms with Gasteiger partial charge in [-0.25, -0.2) is 9.48 Å². The fraction of sp³-hybridized carbons (Fsp3) is 0.750. The van der Waals surface area contributed by atoms with Crippen LogP contribution in [0, 0.1) is 5.92 Å². The van der Waals surface area contributed by atoms with Crippen LogP contribution in [0.15, 0.2) is 11.1 Å². The molecule has 1 saturated carbocycles. The number of amides is 1. The Morgan fingerprint density at radius 3 is 2.89 bits per heavy atom. The predicted molar refractivity (Wildman–Crippen MR) is 68.4 cm³/mol. The molecule has 1 aliphatic rings. The average molecular weight is 268 g/mol. The van der Waals surface area contributed by atoms with Gasteiger partial charge in [-0.05, 0) is 12.8 Å². The molecule has 2 rings (SSSR count). The lowest BCUT2D eigenvalue weighted by atomic mass is 9.85. The van der Waals surface area contributed by atoms with Crippen molar-refractivity contribution >= 4 is 5.91 Å². The van der Waals surface area contributed by atoms with Gasteiger partial charge in [0.1, 0.15) is 12.9 Å². The molecule has 0 aromatic carbocycles. The van der Waals surface area contributed by atoms with E-state index in [1.165, 1.54) is 10.9 Å². The minimum atomic E-state index is -0.308. The summed E-state index contributed by atoms with van der Waals surface area (Å²) < 4.78 is 2.45. The zero-order valence-corrected chi connectivity index (χ0v) is 11.1. The standard InChI is InChI=1S/C12H20N4O3/c1-15-8-13-16(12(15)19)6-11(18)14-10-5-3-2-4-9(10)7-17/h8-10,17H,2-7H2,1H3,(H,14,18). The Hall–Kier alpha value is -1.63. The molecular weight excluding hydrogens is 248 g/mol. The van der Waals surface area contributed by atoms with E-state index in [0.29, 0.717) is 0 Å². The fourth-order valence-electron chi connectivity index (χ4n) is 2.53. The Balaban J connectivity index is 1.93. The lowest BCUT2D eigenvalue weighted by molar-refractivity contribution is -0.123. The zero-order chi connectivity index (χ0) is 13.8. The van der Waals surface area contributed by atoms with Gasteiger partial charge in [0.05, 0.1) is 0 Å². The Morgan fingerprint density at radius 1 is 1.53 bits per heavy atom. The van der Waals surface area contributed by atoms with Crippen molar-refractivity contribution in [1.82, 2.24) is 19.7 Å². The Kier molecular flexibility index (Phi) is 4.36. The molecule has 1 fully saturated rings. The third kappa shape index (κ3) is 3.23. The third-order valence-electron chi connectivity index (χ3n) is 3.67. The van der Waals surface area contributed by atoms with Gasteiger partial charge in [-0.2, -0.15) is 5.10 Å². The van der Waals surface area contributed by atoms with Gasteiger partial charge in [-0.1, -0.05) is 12.8 Å². The van der Waals surface area contributed by atoms with Crippen LogP contribution in [0.5, 0.6) is 0 Å². The molecule has 1 amide bonds. The number of aromatic nitrogens is 3. The molecule has 1 heterocycles. The molecule has 0 bridgehead atoms. The summed E-state index contributed by atoms with van der Waals surface area (Å²) in [5.41, 5.74) is -0.308. The van der Waals surface area contributed by atoms with Crippen LogP contribution in [0.2, 0.25) is 0 Å². The minimum Gasteiger partial charge on any atom is -0.396 e. The molecule has 19 heavy (non-hydrogen) atoms. The van der Waals surface area contributed by atoms with Gasteiger partial charge in [-0.3, -0.25) is 9.36 Å². The molecule has 0 aliphatic heterocycles. The zero-order valence-electron chi connectivity index (χ0n) is 11.1. The molecule has 0 radical (unpaired) electrons. The van der Waals surface area contributed by atoms with Crippen molar-refractivity contribution in [2.45, 2.75) is 38.3 Å². The highest BCUT2D eigenvalue weighted by molar-refractivity contribution is 5.75. The lowest BCUT2D eigenvalue weighted by Crippen LogP contribution is -2.45. The van der Waals surface area contributed by atoms with Crippen LogP contribution in [0.4, 0.5) is 0 Å². The monoisotopic (exact) mass is 268 g/mol. The van der Waals surface area contributed by atoms with Crippen molar-refractivity contribution in [3.05, 3.63) is 16.8 Å². The smallest absolute Gasteiger partial charge is 0.345 e. The van der Waals surface area contributed by atoms with E-state index in [1.54, 1.807) is 7.05 Å². The quantitative estimate of drug-likeness (QED) is 0.752. The highest BCUT2D eigenvalue weighted by Gasteiger charge is 2.25. The predicted octanol–water partition coefficient (Wildman–Crippen LogP) is -0.751. The number of hydrogen-bond acceptors (Lipinski definition) is 4. The number of carbonyl (C=O) groups is 1. The molecule has 0 spiro atoms. The second-order valence-corrected chi connectivity index (χ2v) is 5.08. The maximum Gasteiger partial charge on any atom is 0.345 e. The second-order valence-electron chi connectivity index (χ2n) is 5.08. The molecule has 7 nitrogen and oxygen atoms in total. The first kappa shape index (κ1) is 13.8. The van der Waals surface area contributed by atoms with E-state index in [0.717, 1.165) is 30.4 Å². The molecule has 2 atom stereocenters. The number of nitrogens with zero attached hydrogens (tertiary/aromatic N) is 3.